The molecule has 110 valence electrons. The van der Waals surface area contributed by atoms with E-state index in [9.17, 15) is 9.90 Å². The molecule has 2 aromatic carbocycles. The Labute approximate surface area is 129 Å². The van der Waals surface area contributed by atoms with Gasteiger partial charge in [0.2, 0.25) is 0 Å². The third kappa shape index (κ3) is 3.76. The van der Waals surface area contributed by atoms with Crippen molar-refractivity contribution in [1.29, 1.82) is 0 Å². The molecule has 0 saturated carbocycles. The second-order valence-electron chi connectivity index (χ2n) is 4.96. The van der Waals surface area contributed by atoms with E-state index in [1.165, 1.54) is 0 Å². The normalized spacial score (nSPS) is 12.0. The van der Waals surface area contributed by atoms with Gasteiger partial charge in [0.1, 0.15) is 5.75 Å². The Morgan fingerprint density at radius 2 is 1.90 bits per heavy atom. The summed E-state index contributed by atoms with van der Waals surface area (Å²) in [7, 11) is 1.56. The highest BCUT2D eigenvalue weighted by Gasteiger charge is 2.22. The number of halogens is 1. The molecule has 0 heterocycles. The van der Waals surface area contributed by atoms with Crippen molar-refractivity contribution in [3.8, 4) is 5.75 Å². The minimum atomic E-state index is -0.860. The molecule has 1 N–H and O–H groups in total. The first-order chi connectivity index (χ1) is 10.0. The average molecular weight is 305 g/mol. The van der Waals surface area contributed by atoms with Gasteiger partial charge < -0.3 is 9.84 Å². The summed E-state index contributed by atoms with van der Waals surface area (Å²) in [6.45, 7) is 1.97. The zero-order chi connectivity index (χ0) is 15.4. The Morgan fingerprint density at radius 1 is 1.24 bits per heavy atom. The van der Waals surface area contributed by atoms with Crippen molar-refractivity contribution < 1.29 is 14.6 Å². The maximum absolute atomic E-state index is 11.6. The molecule has 0 saturated heterocycles. The Balaban J connectivity index is 2.35. The Hall–Kier alpha value is -2.00. The topological polar surface area (TPSA) is 46.5 Å². The number of methoxy groups -OCH3 is 1. The fraction of sp³-hybridized carbons (Fsp3) is 0.235. The molecule has 2 rings (SSSR count). The van der Waals surface area contributed by atoms with Crippen LogP contribution in [-0.2, 0) is 11.2 Å². The number of rotatable bonds is 5. The van der Waals surface area contributed by atoms with Crippen LogP contribution in [0.1, 0.15) is 22.6 Å². The summed E-state index contributed by atoms with van der Waals surface area (Å²) < 4.78 is 5.28. The lowest BCUT2D eigenvalue weighted by Gasteiger charge is -2.15. The third-order valence-corrected chi connectivity index (χ3v) is 3.68. The molecule has 0 aromatic heterocycles. The zero-order valence-electron chi connectivity index (χ0n) is 12.0. The average Bonchev–Trinajstić information content (AvgIpc) is 2.46. The van der Waals surface area contributed by atoms with Crippen LogP contribution in [0.3, 0.4) is 0 Å². The van der Waals surface area contributed by atoms with Crippen molar-refractivity contribution >= 4 is 17.6 Å². The summed E-state index contributed by atoms with van der Waals surface area (Å²) >= 11 is 6.00. The molecule has 0 aliphatic heterocycles. The molecular formula is C17H17ClO3. The van der Waals surface area contributed by atoms with E-state index in [2.05, 4.69) is 0 Å². The van der Waals surface area contributed by atoms with Crippen LogP contribution in [0.5, 0.6) is 5.75 Å². The van der Waals surface area contributed by atoms with Crippen LogP contribution in [-0.4, -0.2) is 18.2 Å². The first-order valence-electron chi connectivity index (χ1n) is 6.63. The number of carboxylic acids is 1. The van der Waals surface area contributed by atoms with E-state index in [1.807, 2.05) is 31.2 Å². The Morgan fingerprint density at radius 3 is 2.48 bits per heavy atom. The lowest BCUT2D eigenvalue weighted by Crippen LogP contribution is -2.15. The van der Waals surface area contributed by atoms with Gasteiger partial charge in [0, 0.05) is 5.02 Å². The number of ether oxygens (including phenoxy) is 1. The molecule has 3 nitrogen and oxygen atoms in total. The number of aliphatic carboxylic acids is 1. The van der Waals surface area contributed by atoms with Crippen molar-refractivity contribution in [1.82, 2.24) is 0 Å². The number of aryl methyl sites for hydroxylation is 1. The number of hydrogen-bond donors (Lipinski definition) is 1. The Bertz CT molecular complexity index is 635. The monoisotopic (exact) mass is 304 g/mol. The van der Waals surface area contributed by atoms with E-state index in [4.69, 9.17) is 16.3 Å². The van der Waals surface area contributed by atoms with Gasteiger partial charge in [-0.3, -0.25) is 4.79 Å². The quantitative estimate of drug-likeness (QED) is 0.906. The number of benzene rings is 2. The molecule has 0 amide bonds. The SMILES string of the molecule is COc1ccc(Cl)cc1CC(C(=O)O)c1ccc(C)cc1. The van der Waals surface area contributed by atoms with Crippen LogP contribution in [0.25, 0.3) is 0 Å². The molecule has 4 heteroatoms. The standard InChI is InChI=1S/C17H17ClO3/c1-11-3-5-12(6-4-11)15(17(19)20)10-13-9-14(18)7-8-16(13)21-2/h3-9,15H,10H2,1-2H3,(H,19,20). The predicted octanol–water partition coefficient (Wildman–Crippen LogP) is 4.07. The molecule has 0 aliphatic carbocycles. The first-order valence-corrected chi connectivity index (χ1v) is 7.01. The summed E-state index contributed by atoms with van der Waals surface area (Å²) in [6.07, 6.45) is 0.335. The van der Waals surface area contributed by atoms with Crippen LogP contribution in [0.4, 0.5) is 0 Å². The predicted molar refractivity (Wildman–Crippen MR) is 83.3 cm³/mol. The van der Waals surface area contributed by atoms with Gasteiger partial charge in [0.25, 0.3) is 0 Å². The summed E-state index contributed by atoms with van der Waals surface area (Å²) in [4.78, 5) is 11.6. The highest BCUT2D eigenvalue weighted by Crippen LogP contribution is 2.29. The van der Waals surface area contributed by atoms with Crippen LogP contribution >= 0.6 is 11.6 Å². The summed E-state index contributed by atoms with van der Waals surface area (Å²) in [6, 6.07) is 12.8. The van der Waals surface area contributed by atoms with Crippen molar-refractivity contribution in [3.05, 3.63) is 64.2 Å². The fourth-order valence-electron chi connectivity index (χ4n) is 2.27. The van der Waals surface area contributed by atoms with Gasteiger partial charge in [-0.1, -0.05) is 41.4 Å². The second kappa shape index (κ2) is 6.64. The van der Waals surface area contributed by atoms with Gasteiger partial charge in [-0.25, -0.2) is 0 Å². The lowest BCUT2D eigenvalue weighted by molar-refractivity contribution is -0.138. The van der Waals surface area contributed by atoms with Crippen LogP contribution in [0.2, 0.25) is 5.02 Å². The van der Waals surface area contributed by atoms with Gasteiger partial charge in [0.05, 0.1) is 13.0 Å². The largest absolute Gasteiger partial charge is 0.496 e. The van der Waals surface area contributed by atoms with Gasteiger partial charge in [-0.05, 0) is 42.7 Å². The molecule has 0 bridgehead atoms. The van der Waals surface area contributed by atoms with Crippen LogP contribution < -0.4 is 4.74 Å². The highest BCUT2D eigenvalue weighted by molar-refractivity contribution is 6.30. The summed E-state index contributed by atoms with van der Waals surface area (Å²) in [5.41, 5.74) is 2.66. The Kier molecular flexibility index (Phi) is 4.86. The van der Waals surface area contributed by atoms with E-state index in [-0.39, 0.29) is 0 Å². The highest BCUT2D eigenvalue weighted by atomic mass is 35.5. The minimum absolute atomic E-state index is 0.335. The molecule has 1 atom stereocenters. The smallest absolute Gasteiger partial charge is 0.311 e. The van der Waals surface area contributed by atoms with Crippen LogP contribution in [0, 0.1) is 6.92 Å². The molecule has 0 radical (unpaired) electrons. The molecule has 21 heavy (non-hydrogen) atoms. The van der Waals surface area contributed by atoms with E-state index in [1.54, 1.807) is 25.3 Å². The summed E-state index contributed by atoms with van der Waals surface area (Å²) in [5.74, 6) is -0.836. The lowest BCUT2D eigenvalue weighted by atomic mass is 9.91. The molecule has 1 unspecified atom stereocenters. The van der Waals surface area contributed by atoms with Gasteiger partial charge in [0.15, 0.2) is 0 Å². The van der Waals surface area contributed by atoms with Crippen LogP contribution in [0.15, 0.2) is 42.5 Å². The zero-order valence-corrected chi connectivity index (χ0v) is 12.7. The first kappa shape index (κ1) is 15.4. The maximum atomic E-state index is 11.6. The number of hydrogen-bond acceptors (Lipinski definition) is 2. The van der Waals surface area contributed by atoms with Gasteiger partial charge >= 0.3 is 5.97 Å². The molecule has 0 aliphatic rings. The number of carboxylic acid groups (broad SMARTS) is 1. The second-order valence-corrected chi connectivity index (χ2v) is 5.40. The molecule has 0 fully saturated rings. The van der Waals surface area contributed by atoms with Gasteiger partial charge in [-0.15, -0.1) is 0 Å². The van der Waals surface area contributed by atoms with E-state index < -0.39 is 11.9 Å². The number of carbonyl (C=O) groups is 1. The van der Waals surface area contributed by atoms with Crippen molar-refractivity contribution in [3.63, 3.8) is 0 Å². The summed E-state index contributed by atoms with van der Waals surface area (Å²) in [5, 5.41) is 10.1. The fourth-order valence-corrected chi connectivity index (χ4v) is 2.47. The van der Waals surface area contributed by atoms with E-state index in [0.717, 1.165) is 16.7 Å². The van der Waals surface area contributed by atoms with E-state index in [0.29, 0.717) is 17.2 Å². The van der Waals surface area contributed by atoms with E-state index >= 15 is 0 Å². The minimum Gasteiger partial charge on any atom is -0.496 e. The van der Waals surface area contributed by atoms with Crippen molar-refractivity contribution in [2.45, 2.75) is 19.3 Å². The van der Waals surface area contributed by atoms with Crippen molar-refractivity contribution in [2.24, 2.45) is 0 Å². The maximum Gasteiger partial charge on any atom is 0.311 e. The molecule has 0 spiro atoms. The van der Waals surface area contributed by atoms with Crippen molar-refractivity contribution in [2.75, 3.05) is 7.11 Å². The molecular weight excluding hydrogens is 288 g/mol. The van der Waals surface area contributed by atoms with Gasteiger partial charge in [-0.2, -0.15) is 0 Å². The molecule has 2 aromatic rings. The third-order valence-electron chi connectivity index (χ3n) is 3.44.